The Morgan fingerprint density at radius 3 is 2.31 bits per heavy atom. The van der Waals surface area contributed by atoms with E-state index >= 15 is 0 Å². The minimum atomic E-state index is -0.780. The number of benzene rings is 2. The molecule has 0 aliphatic rings. The van der Waals surface area contributed by atoms with Crippen molar-refractivity contribution < 1.29 is 4.39 Å². The molecule has 0 amide bonds. The summed E-state index contributed by atoms with van der Waals surface area (Å²) < 4.78 is 14.4. The van der Waals surface area contributed by atoms with E-state index in [4.69, 9.17) is 0 Å². The molecule has 1 atom stereocenters. The number of rotatable bonds is 9. The lowest BCUT2D eigenvalue weighted by Gasteiger charge is -2.32. The standard InChI is InChI=1S/C23H29FN2/c1-4-26(17-20-11-6-5-7-12-20)16-10-15-23(18-25,19(2)3)21-13-8-9-14-22(21)24/h5-9,11-14,19H,4,10,15-17H2,1-3H3. The highest BCUT2D eigenvalue weighted by Gasteiger charge is 2.37. The van der Waals surface area contributed by atoms with E-state index in [1.165, 1.54) is 11.6 Å². The van der Waals surface area contributed by atoms with Gasteiger partial charge in [-0.05, 0) is 43.5 Å². The minimum absolute atomic E-state index is 0.0496. The molecule has 3 heteroatoms. The molecular formula is C23H29FN2. The Labute approximate surface area is 157 Å². The van der Waals surface area contributed by atoms with Gasteiger partial charge in [-0.15, -0.1) is 0 Å². The van der Waals surface area contributed by atoms with Gasteiger partial charge in [0.25, 0.3) is 0 Å². The molecule has 138 valence electrons. The summed E-state index contributed by atoms with van der Waals surface area (Å²) in [5, 5.41) is 9.95. The van der Waals surface area contributed by atoms with Crippen LogP contribution in [0.3, 0.4) is 0 Å². The van der Waals surface area contributed by atoms with Gasteiger partial charge >= 0.3 is 0 Å². The van der Waals surface area contributed by atoms with Crippen molar-refractivity contribution in [2.45, 2.75) is 45.6 Å². The smallest absolute Gasteiger partial charge is 0.128 e. The summed E-state index contributed by atoms with van der Waals surface area (Å²) in [5.41, 5.74) is 1.04. The molecule has 2 rings (SSSR count). The third-order valence-corrected chi connectivity index (χ3v) is 5.28. The fourth-order valence-electron chi connectivity index (χ4n) is 3.57. The van der Waals surface area contributed by atoms with Gasteiger partial charge in [0.1, 0.15) is 5.82 Å². The van der Waals surface area contributed by atoms with E-state index in [9.17, 15) is 9.65 Å². The molecule has 2 aromatic carbocycles. The molecular weight excluding hydrogens is 323 g/mol. The van der Waals surface area contributed by atoms with Crippen LogP contribution in [0.4, 0.5) is 4.39 Å². The first kappa shape index (κ1) is 20.1. The summed E-state index contributed by atoms with van der Waals surface area (Å²) in [6.07, 6.45) is 1.52. The van der Waals surface area contributed by atoms with Crippen LogP contribution in [0.25, 0.3) is 0 Å². The Balaban J connectivity index is 2.08. The maximum absolute atomic E-state index is 14.4. The molecule has 0 fully saturated rings. The van der Waals surface area contributed by atoms with Crippen molar-refractivity contribution in [3.63, 3.8) is 0 Å². The molecule has 0 aliphatic carbocycles. The van der Waals surface area contributed by atoms with Gasteiger partial charge < -0.3 is 0 Å². The van der Waals surface area contributed by atoms with Crippen molar-refractivity contribution in [2.75, 3.05) is 13.1 Å². The lowest BCUT2D eigenvalue weighted by atomic mass is 9.69. The monoisotopic (exact) mass is 352 g/mol. The molecule has 0 saturated carbocycles. The van der Waals surface area contributed by atoms with Crippen molar-refractivity contribution in [1.29, 1.82) is 5.26 Å². The van der Waals surface area contributed by atoms with E-state index in [1.807, 2.05) is 26.0 Å². The quantitative estimate of drug-likeness (QED) is 0.592. The first-order valence-electron chi connectivity index (χ1n) is 9.46. The van der Waals surface area contributed by atoms with Crippen molar-refractivity contribution >= 4 is 0 Å². The number of hydrogen-bond acceptors (Lipinski definition) is 2. The maximum atomic E-state index is 14.4. The van der Waals surface area contributed by atoms with Crippen LogP contribution in [0, 0.1) is 23.1 Å². The lowest BCUT2D eigenvalue weighted by molar-refractivity contribution is 0.253. The summed E-state index contributed by atoms with van der Waals surface area (Å²) in [6, 6.07) is 19.6. The molecule has 0 saturated heterocycles. The topological polar surface area (TPSA) is 27.0 Å². The summed E-state index contributed by atoms with van der Waals surface area (Å²) >= 11 is 0. The Kier molecular flexibility index (Phi) is 7.36. The van der Waals surface area contributed by atoms with Gasteiger partial charge in [0.2, 0.25) is 0 Å². The number of hydrogen-bond donors (Lipinski definition) is 0. The molecule has 0 N–H and O–H groups in total. The average molecular weight is 352 g/mol. The van der Waals surface area contributed by atoms with E-state index in [0.717, 1.165) is 26.1 Å². The van der Waals surface area contributed by atoms with Gasteiger partial charge in [-0.2, -0.15) is 5.26 Å². The van der Waals surface area contributed by atoms with Crippen LogP contribution in [-0.2, 0) is 12.0 Å². The van der Waals surface area contributed by atoms with Gasteiger partial charge in [-0.1, -0.05) is 69.3 Å². The Hall–Kier alpha value is -2.18. The maximum Gasteiger partial charge on any atom is 0.128 e. The summed E-state index contributed by atoms with van der Waals surface area (Å²) in [5.74, 6) is -0.229. The molecule has 0 radical (unpaired) electrons. The predicted molar refractivity (Wildman–Crippen MR) is 105 cm³/mol. The third-order valence-electron chi connectivity index (χ3n) is 5.28. The highest BCUT2D eigenvalue weighted by molar-refractivity contribution is 5.34. The van der Waals surface area contributed by atoms with Crippen molar-refractivity contribution in [2.24, 2.45) is 5.92 Å². The zero-order chi connectivity index (χ0) is 19.0. The van der Waals surface area contributed by atoms with Crippen LogP contribution in [0.5, 0.6) is 0 Å². The zero-order valence-corrected chi connectivity index (χ0v) is 16.1. The Morgan fingerprint density at radius 1 is 1.08 bits per heavy atom. The summed E-state index contributed by atoms with van der Waals surface area (Å²) in [7, 11) is 0. The van der Waals surface area contributed by atoms with Gasteiger partial charge in [-0.3, -0.25) is 4.90 Å². The number of nitrogens with zero attached hydrogens (tertiary/aromatic N) is 2. The second kappa shape index (κ2) is 9.50. The molecule has 2 nitrogen and oxygen atoms in total. The highest BCUT2D eigenvalue weighted by Crippen LogP contribution is 2.37. The summed E-state index contributed by atoms with van der Waals surface area (Å²) in [6.45, 7) is 8.93. The van der Waals surface area contributed by atoms with E-state index < -0.39 is 5.41 Å². The normalized spacial score (nSPS) is 13.6. The van der Waals surface area contributed by atoms with Crippen LogP contribution in [0.2, 0.25) is 0 Å². The van der Waals surface area contributed by atoms with Crippen LogP contribution < -0.4 is 0 Å². The molecule has 26 heavy (non-hydrogen) atoms. The van der Waals surface area contributed by atoms with E-state index in [0.29, 0.717) is 12.0 Å². The molecule has 0 bridgehead atoms. The zero-order valence-electron chi connectivity index (χ0n) is 16.1. The first-order chi connectivity index (χ1) is 12.5. The SMILES string of the molecule is CCN(CCCC(C#N)(c1ccccc1F)C(C)C)Cc1ccccc1. The largest absolute Gasteiger partial charge is 0.299 e. The third kappa shape index (κ3) is 4.71. The van der Waals surface area contributed by atoms with Crippen molar-refractivity contribution in [3.8, 4) is 6.07 Å². The van der Waals surface area contributed by atoms with Crippen molar-refractivity contribution in [1.82, 2.24) is 4.90 Å². The van der Waals surface area contributed by atoms with Gasteiger partial charge in [0.05, 0.1) is 11.5 Å². The van der Waals surface area contributed by atoms with Crippen LogP contribution in [-0.4, -0.2) is 18.0 Å². The minimum Gasteiger partial charge on any atom is -0.299 e. The molecule has 0 aliphatic heterocycles. The fraction of sp³-hybridized carbons (Fsp3) is 0.435. The van der Waals surface area contributed by atoms with E-state index in [-0.39, 0.29) is 11.7 Å². The van der Waals surface area contributed by atoms with Gasteiger partial charge in [0.15, 0.2) is 0 Å². The molecule has 1 unspecified atom stereocenters. The first-order valence-corrected chi connectivity index (χ1v) is 9.46. The molecule has 0 spiro atoms. The fourth-order valence-corrected chi connectivity index (χ4v) is 3.57. The van der Waals surface area contributed by atoms with Gasteiger partial charge in [-0.25, -0.2) is 4.39 Å². The number of halogens is 1. The van der Waals surface area contributed by atoms with Crippen molar-refractivity contribution in [3.05, 3.63) is 71.5 Å². The second-order valence-electron chi connectivity index (χ2n) is 7.18. The Morgan fingerprint density at radius 2 is 1.73 bits per heavy atom. The predicted octanol–water partition coefficient (Wildman–Crippen LogP) is 5.55. The van der Waals surface area contributed by atoms with Gasteiger partial charge in [0, 0.05) is 12.1 Å². The Bertz CT molecular complexity index is 720. The molecule has 0 aromatic heterocycles. The lowest BCUT2D eigenvalue weighted by Crippen LogP contribution is -2.33. The highest BCUT2D eigenvalue weighted by atomic mass is 19.1. The summed E-state index contributed by atoms with van der Waals surface area (Å²) in [4.78, 5) is 2.37. The van der Waals surface area contributed by atoms with Crippen LogP contribution in [0.15, 0.2) is 54.6 Å². The second-order valence-corrected chi connectivity index (χ2v) is 7.18. The molecule has 0 heterocycles. The van der Waals surface area contributed by atoms with E-state index in [2.05, 4.69) is 42.2 Å². The van der Waals surface area contributed by atoms with Crippen LogP contribution >= 0.6 is 0 Å². The van der Waals surface area contributed by atoms with E-state index in [1.54, 1.807) is 12.1 Å². The van der Waals surface area contributed by atoms with Crippen LogP contribution in [0.1, 0.15) is 44.7 Å². The number of nitriles is 1. The average Bonchev–Trinajstić information content (AvgIpc) is 2.66. The molecule has 2 aromatic rings.